The molecule has 1 unspecified atom stereocenters. The van der Waals surface area contributed by atoms with Gasteiger partial charge in [-0.3, -0.25) is 4.99 Å². The van der Waals surface area contributed by atoms with E-state index in [1.807, 2.05) is 19.2 Å². The monoisotopic (exact) mass is 469 g/mol. The summed E-state index contributed by atoms with van der Waals surface area (Å²) in [6, 6.07) is 3.50. The topological polar surface area (TPSA) is 66.0 Å². The summed E-state index contributed by atoms with van der Waals surface area (Å²) in [7, 11) is 0. The van der Waals surface area contributed by atoms with Gasteiger partial charge >= 0.3 is 0 Å². The SMILES string of the molecule is CC1=Nc2c(F)cc(-c3c[nH]c4nc(NC5CCC(F)(F)CC5)ncc34)cc2C1CCC(C)C. The summed E-state index contributed by atoms with van der Waals surface area (Å²) in [6.07, 6.45) is 6.06. The second-order valence-corrected chi connectivity index (χ2v) is 10.1. The number of nitrogens with zero attached hydrogens (tertiary/aromatic N) is 3. The number of rotatable bonds is 6. The number of hydrogen-bond acceptors (Lipinski definition) is 4. The first-order valence-electron chi connectivity index (χ1n) is 12.1. The largest absolute Gasteiger partial charge is 0.351 e. The van der Waals surface area contributed by atoms with Crippen LogP contribution >= 0.6 is 0 Å². The molecule has 5 rings (SSSR count). The molecule has 0 spiro atoms. The predicted molar refractivity (Wildman–Crippen MR) is 130 cm³/mol. The van der Waals surface area contributed by atoms with E-state index in [0.29, 0.717) is 36.0 Å². The molecule has 1 atom stereocenters. The van der Waals surface area contributed by atoms with Gasteiger partial charge in [-0.05, 0) is 55.4 Å². The van der Waals surface area contributed by atoms with Gasteiger partial charge in [0.2, 0.25) is 11.9 Å². The minimum atomic E-state index is -2.57. The van der Waals surface area contributed by atoms with Crippen LogP contribution in [0.15, 0.2) is 29.5 Å². The molecule has 0 bridgehead atoms. The molecule has 2 N–H and O–H groups in total. The molecule has 0 saturated heterocycles. The lowest BCUT2D eigenvalue weighted by molar-refractivity contribution is -0.0361. The molecule has 1 aromatic carbocycles. The maximum absolute atomic E-state index is 15.1. The third-order valence-corrected chi connectivity index (χ3v) is 7.09. The fourth-order valence-electron chi connectivity index (χ4n) is 5.09. The van der Waals surface area contributed by atoms with E-state index in [0.717, 1.165) is 40.6 Å². The van der Waals surface area contributed by atoms with E-state index >= 15 is 4.39 Å². The van der Waals surface area contributed by atoms with Crippen LogP contribution in [0.1, 0.15) is 70.8 Å². The lowest BCUT2D eigenvalue weighted by Gasteiger charge is -2.28. The van der Waals surface area contributed by atoms with Crippen molar-refractivity contribution in [2.24, 2.45) is 10.9 Å². The third-order valence-electron chi connectivity index (χ3n) is 7.09. The molecule has 3 aromatic rings. The third kappa shape index (κ3) is 4.42. The number of benzene rings is 1. The zero-order valence-corrected chi connectivity index (χ0v) is 19.8. The number of fused-ring (bicyclic) bond motifs is 2. The molecule has 1 fully saturated rings. The van der Waals surface area contributed by atoms with Crippen LogP contribution in [0.5, 0.6) is 0 Å². The number of aromatic nitrogens is 3. The molecule has 8 heteroatoms. The number of H-pyrrole nitrogens is 1. The smallest absolute Gasteiger partial charge is 0.248 e. The highest BCUT2D eigenvalue weighted by atomic mass is 19.3. The van der Waals surface area contributed by atoms with E-state index in [4.69, 9.17) is 0 Å². The Morgan fingerprint density at radius 2 is 1.97 bits per heavy atom. The van der Waals surface area contributed by atoms with Crippen LogP contribution in [0.25, 0.3) is 22.2 Å². The first-order chi connectivity index (χ1) is 16.2. The fourth-order valence-corrected chi connectivity index (χ4v) is 5.09. The van der Waals surface area contributed by atoms with E-state index in [9.17, 15) is 8.78 Å². The van der Waals surface area contributed by atoms with Crippen LogP contribution in [0.4, 0.5) is 24.8 Å². The highest BCUT2D eigenvalue weighted by molar-refractivity contribution is 5.99. The van der Waals surface area contributed by atoms with Crippen molar-refractivity contribution in [3.8, 4) is 11.1 Å². The van der Waals surface area contributed by atoms with E-state index < -0.39 is 5.92 Å². The van der Waals surface area contributed by atoms with Crippen molar-refractivity contribution >= 4 is 28.4 Å². The lowest BCUT2D eigenvalue weighted by Crippen LogP contribution is -2.32. The summed E-state index contributed by atoms with van der Waals surface area (Å²) in [5, 5.41) is 3.97. The molecule has 0 amide bonds. The molecule has 1 aliphatic heterocycles. The Balaban J connectivity index is 1.40. The molecular formula is C26H30F3N5. The predicted octanol–water partition coefficient (Wildman–Crippen LogP) is 7.38. The average Bonchev–Trinajstić information content (AvgIpc) is 3.34. The van der Waals surface area contributed by atoms with Crippen LogP contribution in [0, 0.1) is 11.7 Å². The van der Waals surface area contributed by atoms with Gasteiger partial charge in [0.05, 0.1) is 0 Å². The quantitative estimate of drug-likeness (QED) is 0.396. The summed E-state index contributed by atoms with van der Waals surface area (Å²) >= 11 is 0. The molecular weight excluding hydrogens is 439 g/mol. The van der Waals surface area contributed by atoms with E-state index in [1.165, 1.54) is 6.07 Å². The molecule has 2 aliphatic rings. The summed E-state index contributed by atoms with van der Waals surface area (Å²) in [4.78, 5) is 16.6. The number of halogens is 3. The maximum atomic E-state index is 15.1. The Morgan fingerprint density at radius 3 is 2.71 bits per heavy atom. The Hall–Kier alpha value is -2.90. The zero-order valence-electron chi connectivity index (χ0n) is 19.8. The second-order valence-electron chi connectivity index (χ2n) is 10.1. The van der Waals surface area contributed by atoms with Gasteiger partial charge in [-0.25, -0.2) is 18.2 Å². The highest BCUT2D eigenvalue weighted by Crippen LogP contribution is 2.43. The maximum Gasteiger partial charge on any atom is 0.248 e. The molecule has 180 valence electrons. The van der Waals surface area contributed by atoms with Crippen molar-refractivity contribution in [1.82, 2.24) is 15.0 Å². The molecule has 3 heterocycles. The highest BCUT2D eigenvalue weighted by Gasteiger charge is 2.35. The van der Waals surface area contributed by atoms with Gasteiger partial charge in [0.15, 0.2) is 0 Å². The van der Waals surface area contributed by atoms with Crippen molar-refractivity contribution in [2.45, 2.75) is 77.2 Å². The molecule has 2 aromatic heterocycles. The lowest BCUT2D eigenvalue weighted by atomic mass is 9.88. The van der Waals surface area contributed by atoms with Crippen molar-refractivity contribution in [2.75, 3.05) is 5.32 Å². The van der Waals surface area contributed by atoms with Crippen molar-refractivity contribution in [3.63, 3.8) is 0 Å². The Bertz CT molecular complexity index is 1240. The molecule has 1 aliphatic carbocycles. The van der Waals surface area contributed by atoms with Crippen LogP contribution < -0.4 is 5.32 Å². The minimum Gasteiger partial charge on any atom is -0.351 e. The van der Waals surface area contributed by atoms with Gasteiger partial charge in [-0.2, -0.15) is 4.98 Å². The normalized spacial score (nSPS) is 20.1. The van der Waals surface area contributed by atoms with Crippen LogP contribution in [0.2, 0.25) is 0 Å². The van der Waals surface area contributed by atoms with Crippen molar-refractivity contribution in [1.29, 1.82) is 0 Å². The van der Waals surface area contributed by atoms with Crippen molar-refractivity contribution in [3.05, 3.63) is 35.9 Å². The van der Waals surface area contributed by atoms with E-state index in [-0.39, 0.29) is 30.6 Å². The summed E-state index contributed by atoms with van der Waals surface area (Å²) in [5.41, 5.74) is 4.57. The minimum absolute atomic E-state index is 0.0664. The average molecular weight is 470 g/mol. The van der Waals surface area contributed by atoms with Gasteiger partial charge in [-0.1, -0.05) is 20.3 Å². The van der Waals surface area contributed by atoms with Gasteiger partial charge in [0.25, 0.3) is 0 Å². The van der Waals surface area contributed by atoms with Gasteiger partial charge < -0.3 is 10.3 Å². The zero-order chi connectivity index (χ0) is 24.0. The number of aromatic amines is 1. The first-order valence-corrected chi connectivity index (χ1v) is 12.1. The standard InChI is InChI=1S/C26H30F3N5/c1-14(2)4-5-18-15(3)32-23-19(18)10-16(11-22(23)27)20-12-30-24-21(20)13-31-25(34-24)33-17-6-8-26(28,29)9-7-17/h10-14,17-18H,4-9H2,1-3H3,(H2,30,31,33,34). The van der Waals surface area contributed by atoms with E-state index in [2.05, 4.69) is 39.1 Å². The number of hydrogen-bond donors (Lipinski definition) is 2. The molecule has 1 saturated carbocycles. The van der Waals surface area contributed by atoms with Crippen LogP contribution in [-0.2, 0) is 0 Å². The van der Waals surface area contributed by atoms with Crippen LogP contribution in [-0.4, -0.2) is 32.6 Å². The Morgan fingerprint density at radius 1 is 1.21 bits per heavy atom. The van der Waals surface area contributed by atoms with Gasteiger partial charge in [0, 0.05) is 53.9 Å². The number of aliphatic imine (C=N–C) groups is 1. The number of anilines is 1. The first kappa shape index (κ1) is 22.9. The summed E-state index contributed by atoms with van der Waals surface area (Å²) < 4.78 is 41.9. The molecule has 0 radical (unpaired) electrons. The number of alkyl halides is 2. The fraction of sp³-hybridized carbons (Fsp3) is 0.500. The van der Waals surface area contributed by atoms with Gasteiger partial charge in [-0.15, -0.1) is 0 Å². The molecule has 34 heavy (non-hydrogen) atoms. The van der Waals surface area contributed by atoms with E-state index in [1.54, 1.807) is 6.20 Å². The summed E-state index contributed by atoms with van der Waals surface area (Å²) in [5.74, 6) is -1.77. The Labute approximate surface area is 197 Å². The second kappa shape index (κ2) is 8.71. The van der Waals surface area contributed by atoms with Crippen LogP contribution in [0.3, 0.4) is 0 Å². The van der Waals surface area contributed by atoms with Crippen molar-refractivity contribution < 1.29 is 13.2 Å². The molecule has 5 nitrogen and oxygen atoms in total. The Kier molecular flexibility index (Phi) is 5.86. The number of nitrogens with one attached hydrogen (secondary N) is 2. The van der Waals surface area contributed by atoms with Gasteiger partial charge in [0.1, 0.15) is 17.2 Å². The summed E-state index contributed by atoms with van der Waals surface area (Å²) in [6.45, 7) is 6.36.